The summed E-state index contributed by atoms with van der Waals surface area (Å²) in [5.41, 5.74) is 3.48. The van der Waals surface area contributed by atoms with Crippen molar-refractivity contribution in [1.29, 1.82) is 0 Å². The molecule has 4 rings (SSSR count). The van der Waals surface area contributed by atoms with Gasteiger partial charge in [0.05, 0.1) is 12.4 Å². The number of nitrogens with zero attached hydrogens (tertiary/aromatic N) is 1. The van der Waals surface area contributed by atoms with Gasteiger partial charge in [-0.2, -0.15) is 0 Å². The van der Waals surface area contributed by atoms with Gasteiger partial charge in [0.1, 0.15) is 17.4 Å². The smallest absolute Gasteiger partial charge is 0.260 e. The number of benzene rings is 1. The minimum absolute atomic E-state index is 0.0466. The molecule has 0 bridgehead atoms. The lowest BCUT2D eigenvalue weighted by molar-refractivity contribution is -0.924. The molecule has 0 radical (unpaired) electrons. The summed E-state index contributed by atoms with van der Waals surface area (Å²) in [7, 11) is 2.14. The maximum atomic E-state index is 12.8. The third-order valence-corrected chi connectivity index (χ3v) is 6.78. The molecule has 138 valence electrons. The largest absolute Gasteiger partial charge is 0.325 e. The zero-order valence-electron chi connectivity index (χ0n) is 15.6. The molecule has 3 aromatic heterocycles. The molecule has 0 fully saturated rings. The van der Waals surface area contributed by atoms with Crippen LogP contribution < -0.4 is 10.5 Å². The minimum atomic E-state index is -0.0466. The lowest BCUT2D eigenvalue weighted by Gasteiger charge is -2.21. The number of H-pyrrole nitrogens is 1. The minimum Gasteiger partial charge on any atom is -0.325 e. The van der Waals surface area contributed by atoms with E-state index in [9.17, 15) is 4.79 Å². The van der Waals surface area contributed by atoms with Crippen LogP contribution >= 0.6 is 22.7 Å². The predicted octanol–water partition coefficient (Wildman–Crippen LogP) is 3.80. The summed E-state index contributed by atoms with van der Waals surface area (Å²) < 4.78 is 0. The molecular weight excluding hydrogens is 374 g/mol. The van der Waals surface area contributed by atoms with E-state index in [1.807, 2.05) is 22.9 Å². The number of quaternary nitrogens is 1. The standard InChI is InChI=1S/C21H21N3OS2/c1-13-6-8-15(9-7-13)11-24(3)14(2)19-22-20(25)18-16(12-27-21(18)23-19)17-5-4-10-26-17/h4-10,12,14H,11H2,1-3H3,(H,22,23,25)/p+1/t14-/m1/s1. The Morgan fingerprint density at radius 2 is 1.96 bits per heavy atom. The molecule has 4 nitrogen and oxygen atoms in total. The molecule has 3 heterocycles. The fourth-order valence-electron chi connectivity index (χ4n) is 3.20. The molecular formula is C21H22N3OS2+. The van der Waals surface area contributed by atoms with Crippen LogP contribution in [0.1, 0.15) is 29.9 Å². The second kappa shape index (κ2) is 7.38. The number of aromatic amines is 1. The van der Waals surface area contributed by atoms with Crippen LogP contribution in [0.2, 0.25) is 0 Å². The molecule has 6 heteroatoms. The molecule has 2 N–H and O–H groups in total. The fourth-order valence-corrected chi connectivity index (χ4v) is 4.97. The van der Waals surface area contributed by atoms with Crippen LogP contribution in [-0.4, -0.2) is 17.0 Å². The lowest BCUT2D eigenvalue weighted by atomic mass is 10.1. The van der Waals surface area contributed by atoms with Crippen LogP contribution in [0.15, 0.2) is 52.0 Å². The summed E-state index contributed by atoms with van der Waals surface area (Å²) in [4.78, 5) is 23.8. The van der Waals surface area contributed by atoms with Gasteiger partial charge in [-0.3, -0.25) is 4.79 Å². The van der Waals surface area contributed by atoms with Crippen LogP contribution in [0.3, 0.4) is 0 Å². The highest BCUT2D eigenvalue weighted by molar-refractivity contribution is 7.18. The summed E-state index contributed by atoms with van der Waals surface area (Å²) in [6, 6.07) is 12.7. The third-order valence-electron chi connectivity index (χ3n) is 5.00. The van der Waals surface area contributed by atoms with Gasteiger partial charge in [0, 0.05) is 21.4 Å². The molecule has 4 aromatic rings. The van der Waals surface area contributed by atoms with E-state index in [2.05, 4.69) is 50.1 Å². The maximum Gasteiger partial charge on any atom is 0.260 e. The molecule has 1 aromatic carbocycles. The number of fused-ring (bicyclic) bond motifs is 1. The van der Waals surface area contributed by atoms with E-state index in [4.69, 9.17) is 4.98 Å². The van der Waals surface area contributed by atoms with E-state index in [0.717, 1.165) is 27.6 Å². The van der Waals surface area contributed by atoms with Gasteiger partial charge in [0.25, 0.3) is 5.56 Å². The zero-order valence-corrected chi connectivity index (χ0v) is 17.2. The predicted molar refractivity (Wildman–Crippen MR) is 114 cm³/mol. The van der Waals surface area contributed by atoms with E-state index in [1.54, 1.807) is 22.7 Å². The van der Waals surface area contributed by atoms with E-state index >= 15 is 0 Å². The second-order valence-corrected chi connectivity index (χ2v) is 8.79. The molecule has 0 aliphatic heterocycles. The van der Waals surface area contributed by atoms with Crippen molar-refractivity contribution in [1.82, 2.24) is 9.97 Å². The number of hydrogen-bond donors (Lipinski definition) is 2. The average molecular weight is 397 g/mol. The number of aromatic nitrogens is 2. The van der Waals surface area contributed by atoms with E-state index < -0.39 is 0 Å². The highest BCUT2D eigenvalue weighted by Crippen LogP contribution is 2.33. The van der Waals surface area contributed by atoms with Crippen molar-refractivity contribution in [2.45, 2.75) is 26.4 Å². The first-order valence-corrected chi connectivity index (χ1v) is 10.7. The Morgan fingerprint density at radius 1 is 1.19 bits per heavy atom. The van der Waals surface area contributed by atoms with Gasteiger partial charge in [0.2, 0.25) is 0 Å². The van der Waals surface area contributed by atoms with Crippen LogP contribution in [-0.2, 0) is 6.54 Å². The quantitative estimate of drug-likeness (QED) is 0.539. The van der Waals surface area contributed by atoms with Gasteiger partial charge in [-0.25, -0.2) is 4.98 Å². The van der Waals surface area contributed by atoms with Crippen LogP contribution in [0.5, 0.6) is 0 Å². The van der Waals surface area contributed by atoms with E-state index in [1.165, 1.54) is 16.0 Å². The van der Waals surface area contributed by atoms with Gasteiger partial charge in [-0.1, -0.05) is 35.9 Å². The molecule has 2 atom stereocenters. The Labute approximate surface area is 166 Å². The summed E-state index contributed by atoms with van der Waals surface area (Å²) in [5, 5.41) is 4.77. The topological polar surface area (TPSA) is 50.2 Å². The van der Waals surface area contributed by atoms with Gasteiger partial charge in [-0.05, 0) is 25.3 Å². The van der Waals surface area contributed by atoms with Gasteiger partial charge < -0.3 is 9.88 Å². The molecule has 0 saturated heterocycles. The molecule has 1 unspecified atom stereocenters. The SMILES string of the molecule is Cc1ccc(C[NH+](C)[C@H](C)c2nc3scc(-c4cccs4)c3c(=O)[nH]2)cc1. The Hall–Kier alpha value is -2.28. The zero-order chi connectivity index (χ0) is 19.0. The first-order valence-electron chi connectivity index (χ1n) is 8.96. The molecule has 0 spiro atoms. The molecule has 0 saturated carbocycles. The number of aryl methyl sites for hydroxylation is 1. The first-order chi connectivity index (χ1) is 13.0. The average Bonchev–Trinajstić information content (AvgIpc) is 3.32. The Morgan fingerprint density at radius 3 is 2.67 bits per heavy atom. The summed E-state index contributed by atoms with van der Waals surface area (Å²) in [5.74, 6) is 0.747. The van der Waals surface area contributed by atoms with Crippen LogP contribution in [0, 0.1) is 6.92 Å². The fraction of sp³-hybridized carbons (Fsp3) is 0.238. The number of rotatable bonds is 5. The van der Waals surface area contributed by atoms with Crippen molar-refractivity contribution in [2.24, 2.45) is 0 Å². The van der Waals surface area contributed by atoms with Gasteiger partial charge in [-0.15, -0.1) is 22.7 Å². The summed E-state index contributed by atoms with van der Waals surface area (Å²) >= 11 is 3.19. The number of nitrogens with one attached hydrogen (secondary N) is 2. The van der Waals surface area contributed by atoms with Crippen LogP contribution in [0.25, 0.3) is 20.7 Å². The van der Waals surface area contributed by atoms with Crippen molar-refractivity contribution in [3.63, 3.8) is 0 Å². The number of thiophene rings is 2. The maximum absolute atomic E-state index is 12.8. The Bertz CT molecular complexity index is 1110. The van der Waals surface area contributed by atoms with Crippen molar-refractivity contribution in [3.05, 3.63) is 74.5 Å². The first kappa shape index (κ1) is 18.1. The number of hydrogen-bond acceptors (Lipinski definition) is 4. The van der Waals surface area contributed by atoms with Crippen molar-refractivity contribution < 1.29 is 4.90 Å². The van der Waals surface area contributed by atoms with Crippen molar-refractivity contribution in [3.8, 4) is 10.4 Å². The molecule has 0 amide bonds. The van der Waals surface area contributed by atoms with Crippen LogP contribution in [0.4, 0.5) is 0 Å². The Kier molecular flexibility index (Phi) is 4.95. The lowest BCUT2D eigenvalue weighted by Crippen LogP contribution is -3.07. The summed E-state index contributed by atoms with van der Waals surface area (Å²) in [6.07, 6.45) is 0. The van der Waals surface area contributed by atoms with E-state index in [0.29, 0.717) is 5.39 Å². The monoisotopic (exact) mass is 396 g/mol. The Balaban J connectivity index is 1.63. The second-order valence-electron chi connectivity index (χ2n) is 6.99. The third kappa shape index (κ3) is 3.60. The highest BCUT2D eigenvalue weighted by Gasteiger charge is 2.21. The molecule has 0 aliphatic carbocycles. The van der Waals surface area contributed by atoms with E-state index in [-0.39, 0.29) is 11.6 Å². The van der Waals surface area contributed by atoms with Gasteiger partial charge >= 0.3 is 0 Å². The molecule has 27 heavy (non-hydrogen) atoms. The van der Waals surface area contributed by atoms with Crippen molar-refractivity contribution in [2.75, 3.05) is 7.05 Å². The normalized spacial score (nSPS) is 13.7. The summed E-state index contributed by atoms with van der Waals surface area (Å²) in [6.45, 7) is 5.09. The van der Waals surface area contributed by atoms with Gasteiger partial charge in [0.15, 0.2) is 5.82 Å². The van der Waals surface area contributed by atoms with Crippen molar-refractivity contribution >= 4 is 32.9 Å². The molecule has 0 aliphatic rings. The highest BCUT2D eigenvalue weighted by atomic mass is 32.1.